The number of thiazole rings is 1. The number of carbonyl (C=O) groups is 1. The fraction of sp³-hybridized carbons (Fsp3) is 0.312. The Hall–Kier alpha value is -2.81. The summed E-state index contributed by atoms with van der Waals surface area (Å²) < 4.78 is 7.36. The van der Waals surface area contributed by atoms with Gasteiger partial charge in [-0.2, -0.15) is 4.68 Å². The van der Waals surface area contributed by atoms with E-state index in [0.717, 1.165) is 16.9 Å². The Morgan fingerprint density at radius 2 is 2.20 bits per heavy atom. The second-order valence-electron chi connectivity index (χ2n) is 5.88. The highest BCUT2D eigenvalue weighted by molar-refractivity contribution is 7.17. The zero-order chi connectivity index (χ0) is 18.0. The highest BCUT2D eigenvalue weighted by Gasteiger charge is 2.17. The van der Waals surface area contributed by atoms with Gasteiger partial charge in [0.1, 0.15) is 27.6 Å². The molecular weight excluding hydrogens is 342 g/mol. The third kappa shape index (κ3) is 3.66. The number of carboxylic acid groups (broad SMARTS) is 1. The molecule has 0 saturated carbocycles. The molecule has 0 aliphatic carbocycles. The molecule has 9 heteroatoms. The molecule has 0 atom stereocenters. The molecule has 0 saturated heterocycles. The number of aromatic carboxylic acids is 1. The molecule has 130 valence electrons. The van der Waals surface area contributed by atoms with Crippen molar-refractivity contribution in [2.75, 3.05) is 6.61 Å². The Bertz CT molecular complexity index is 889. The first-order chi connectivity index (χ1) is 12.0. The highest BCUT2D eigenvalue weighted by Crippen LogP contribution is 2.33. The second-order valence-corrected chi connectivity index (χ2v) is 6.88. The van der Waals surface area contributed by atoms with E-state index in [9.17, 15) is 9.90 Å². The van der Waals surface area contributed by atoms with Gasteiger partial charge in [-0.15, -0.1) is 16.4 Å². The monoisotopic (exact) mass is 359 g/mol. The van der Waals surface area contributed by atoms with Gasteiger partial charge in [0.25, 0.3) is 0 Å². The number of tetrazole rings is 1. The molecule has 1 aromatic carbocycles. The van der Waals surface area contributed by atoms with E-state index in [1.165, 1.54) is 11.0 Å². The molecule has 0 bridgehead atoms. The quantitative estimate of drug-likeness (QED) is 0.722. The van der Waals surface area contributed by atoms with Gasteiger partial charge in [-0.25, -0.2) is 9.78 Å². The van der Waals surface area contributed by atoms with E-state index in [1.54, 1.807) is 6.92 Å². The Morgan fingerprint density at radius 3 is 2.80 bits per heavy atom. The van der Waals surface area contributed by atoms with Crippen LogP contribution in [0.15, 0.2) is 24.5 Å². The molecule has 1 N–H and O–H groups in total. The Balaban J connectivity index is 2.03. The van der Waals surface area contributed by atoms with Crippen molar-refractivity contribution in [1.82, 2.24) is 25.2 Å². The number of carboxylic acids is 1. The van der Waals surface area contributed by atoms with Gasteiger partial charge in [0.05, 0.1) is 12.3 Å². The van der Waals surface area contributed by atoms with Crippen molar-refractivity contribution in [1.29, 1.82) is 0 Å². The van der Waals surface area contributed by atoms with Crippen molar-refractivity contribution in [2.24, 2.45) is 5.92 Å². The summed E-state index contributed by atoms with van der Waals surface area (Å²) in [5.41, 5.74) is 1.95. The van der Waals surface area contributed by atoms with Gasteiger partial charge in [0.15, 0.2) is 0 Å². The normalized spacial score (nSPS) is 11.0. The first-order valence-corrected chi connectivity index (χ1v) is 8.48. The first-order valence-electron chi connectivity index (χ1n) is 7.67. The second kappa shape index (κ2) is 6.98. The van der Waals surface area contributed by atoms with Crippen molar-refractivity contribution >= 4 is 17.3 Å². The maximum atomic E-state index is 11.2. The number of aromatic nitrogens is 5. The lowest BCUT2D eigenvalue weighted by Gasteiger charge is -2.13. The van der Waals surface area contributed by atoms with Crippen LogP contribution in [0.1, 0.15) is 29.2 Å². The number of ether oxygens (including phenoxy) is 1. The average Bonchev–Trinajstić information content (AvgIpc) is 3.22. The van der Waals surface area contributed by atoms with Crippen LogP contribution in [0.3, 0.4) is 0 Å². The van der Waals surface area contributed by atoms with Crippen molar-refractivity contribution in [3.05, 3.63) is 35.1 Å². The zero-order valence-electron chi connectivity index (χ0n) is 14.0. The van der Waals surface area contributed by atoms with Gasteiger partial charge < -0.3 is 9.84 Å². The first kappa shape index (κ1) is 17.0. The van der Waals surface area contributed by atoms with Crippen LogP contribution in [0.25, 0.3) is 16.3 Å². The SMILES string of the molecule is Cc1nc(-c2ccc(OCC(C)C)c(-n3cnnn3)c2)sc1C(=O)O. The summed E-state index contributed by atoms with van der Waals surface area (Å²) in [5.74, 6) is 0.0523. The molecule has 2 aromatic heterocycles. The smallest absolute Gasteiger partial charge is 0.347 e. The van der Waals surface area contributed by atoms with E-state index in [-0.39, 0.29) is 4.88 Å². The fourth-order valence-electron chi connectivity index (χ4n) is 2.20. The van der Waals surface area contributed by atoms with Crippen LogP contribution in [0.5, 0.6) is 5.75 Å². The van der Waals surface area contributed by atoms with Gasteiger partial charge in [0, 0.05) is 5.56 Å². The number of hydrogen-bond donors (Lipinski definition) is 1. The fourth-order valence-corrected chi connectivity index (χ4v) is 3.10. The van der Waals surface area contributed by atoms with Crippen LogP contribution < -0.4 is 4.74 Å². The topological polar surface area (TPSA) is 103 Å². The van der Waals surface area contributed by atoms with Crippen LogP contribution >= 0.6 is 11.3 Å². The maximum absolute atomic E-state index is 11.2. The van der Waals surface area contributed by atoms with E-state index < -0.39 is 5.97 Å². The third-order valence-corrected chi connectivity index (χ3v) is 4.56. The molecule has 0 radical (unpaired) electrons. The van der Waals surface area contributed by atoms with Gasteiger partial charge in [-0.05, 0) is 41.5 Å². The molecule has 0 fully saturated rings. The van der Waals surface area contributed by atoms with Crippen molar-refractivity contribution in [3.8, 4) is 22.0 Å². The molecule has 2 heterocycles. The lowest BCUT2D eigenvalue weighted by molar-refractivity contribution is 0.0701. The minimum absolute atomic E-state index is 0.235. The van der Waals surface area contributed by atoms with Gasteiger partial charge in [-0.3, -0.25) is 0 Å². The summed E-state index contributed by atoms with van der Waals surface area (Å²) in [6.07, 6.45) is 1.48. The Morgan fingerprint density at radius 1 is 1.40 bits per heavy atom. The number of aryl methyl sites for hydroxylation is 1. The van der Waals surface area contributed by atoms with Crippen molar-refractivity contribution in [3.63, 3.8) is 0 Å². The van der Waals surface area contributed by atoms with E-state index in [1.807, 2.05) is 18.2 Å². The van der Waals surface area contributed by atoms with Gasteiger partial charge in [0.2, 0.25) is 0 Å². The number of benzene rings is 1. The predicted octanol–water partition coefficient (Wildman–Crippen LogP) is 2.83. The molecule has 0 aliphatic rings. The van der Waals surface area contributed by atoms with Gasteiger partial charge in [-0.1, -0.05) is 13.8 Å². The number of nitrogens with zero attached hydrogens (tertiary/aromatic N) is 5. The molecule has 8 nitrogen and oxygen atoms in total. The summed E-state index contributed by atoms with van der Waals surface area (Å²) in [7, 11) is 0. The van der Waals surface area contributed by atoms with Crippen LogP contribution in [0, 0.1) is 12.8 Å². The minimum atomic E-state index is -0.973. The van der Waals surface area contributed by atoms with E-state index >= 15 is 0 Å². The Labute approximate surface area is 148 Å². The van der Waals surface area contributed by atoms with E-state index in [0.29, 0.717) is 34.7 Å². The summed E-state index contributed by atoms with van der Waals surface area (Å²) >= 11 is 1.14. The molecule has 3 rings (SSSR count). The molecular formula is C16H17N5O3S. The van der Waals surface area contributed by atoms with Crippen LogP contribution in [0.2, 0.25) is 0 Å². The molecule has 0 unspecified atom stereocenters. The predicted molar refractivity (Wildman–Crippen MR) is 92.3 cm³/mol. The summed E-state index contributed by atoms with van der Waals surface area (Å²) in [5, 5.41) is 21.1. The summed E-state index contributed by atoms with van der Waals surface area (Å²) in [6, 6.07) is 5.52. The van der Waals surface area contributed by atoms with Crippen LogP contribution in [0.4, 0.5) is 0 Å². The largest absolute Gasteiger partial charge is 0.491 e. The molecule has 0 amide bonds. The molecule has 0 aliphatic heterocycles. The van der Waals surface area contributed by atoms with Crippen molar-refractivity contribution < 1.29 is 14.6 Å². The minimum Gasteiger partial charge on any atom is -0.491 e. The van der Waals surface area contributed by atoms with E-state index in [2.05, 4.69) is 34.4 Å². The van der Waals surface area contributed by atoms with Crippen LogP contribution in [-0.4, -0.2) is 42.9 Å². The lowest BCUT2D eigenvalue weighted by atomic mass is 10.2. The summed E-state index contributed by atoms with van der Waals surface area (Å²) in [6.45, 7) is 6.38. The van der Waals surface area contributed by atoms with E-state index in [4.69, 9.17) is 4.74 Å². The summed E-state index contributed by atoms with van der Waals surface area (Å²) in [4.78, 5) is 15.8. The van der Waals surface area contributed by atoms with Crippen LogP contribution in [-0.2, 0) is 0 Å². The number of hydrogen-bond acceptors (Lipinski definition) is 7. The maximum Gasteiger partial charge on any atom is 0.347 e. The third-order valence-electron chi connectivity index (χ3n) is 3.36. The lowest BCUT2D eigenvalue weighted by Crippen LogP contribution is -2.07. The highest BCUT2D eigenvalue weighted by atomic mass is 32.1. The molecule has 25 heavy (non-hydrogen) atoms. The van der Waals surface area contributed by atoms with Gasteiger partial charge >= 0.3 is 5.97 Å². The van der Waals surface area contributed by atoms with Crippen molar-refractivity contribution in [2.45, 2.75) is 20.8 Å². The average molecular weight is 359 g/mol. The Kier molecular flexibility index (Phi) is 4.75. The molecule has 3 aromatic rings. The standard InChI is InChI=1S/C16H17N5O3S/c1-9(2)7-24-13-5-4-11(6-12(13)21-8-17-19-20-21)15-18-10(3)14(25-15)16(22)23/h4-6,8-9H,7H2,1-3H3,(H,22,23). The zero-order valence-corrected chi connectivity index (χ0v) is 14.8. The number of rotatable bonds is 6. The molecule has 0 spiro atoms.